The molecule has 0 bridgehead atoms. The number of hydrogen-bond donors (Lipinski definition) is 0. The molecule has 0 N–H and O–H groups in total. The summed E-state index contributed by atoms with van der Waals surface area (Å²) >= 11 is 0. The van der Waals surface area contributed by atoms with Crippen molar-refractivity contribution >= 4 is 0 Å². The molecule has 11 heavy (non-hydrogen) atoms. The minimum Gasteiger partial charge on any atom is -0.0998 e. The van der Waals surface area contributed by atoms with E-state index in [9.17, 15) is 0 Å². The lowest BCUT2D eigenvalue weighted by atomic mass is 9.58. The smallest absolute Gasteiger partial charge is 0.0247 e. The molecule has 3 fully saturated rings. The van der Waals surface area contributed by atoms with Crippen LogP contribution >= 0.6 is 0 Å². The molecule has 0 aliphatic heterocycles. The van der Waals surface area contributed by atoms with E-state index in [1.807, 2.05) is 0 Å². The first-order valence-corrected chi connectivity index (χ1v) is 4.89. The van der Waals surface area contributed by atoms with Gasteiger partial charge < -0.3 is 0 Å². The summed E-state index contributed by atoms with van der Waals surface area (Å²) in [4.78, 5) is 0. The Bertz CT molecular complexity index is 212. The second-order valence-corrected chi connectivity index (χ2v) is 5.28. The molecule has 3 rings (SSSR count). The molecule has 0 aromatic heterocycles. The Morgan fingerprint density at radius 2 is 1.73 bits per heavy atom. The average Bonchev–Trinajstić information content (AvgIpc) is 2.53. The van der Waals surface area contributed by atoms with E-state index in [1.54, 1.807) is 25.7 Å². The van der Waals surface area contributed by atoms with E-state index in [0.717, 1.165) is 10.8 Å². The molecule has 2 spiro atoms. The minimum atomic E-state index is 0.785. The van der Waals surface area contributed by atoms with Crippen LogP contribution in [0.1, 0.15) is 44.9 Å². The van der Waals surface area contributed by atoms with E-state index in [2.05, 4.69) is 6.58 Å². The Morgan fingerprint density at radius 1 is 1.00 bits per heavy atom. The van der Waals surface area contributed by atoms with Crippen LogP contribution < -0.4 is 0 Å². The number of hydrogen-bond acceptors (Lipinski definition) is 0. The van der Waals surface area contributed by atoms with E-state index < -0.39 is 0 Å². The molecule has 0 heteroatoms. The highest BCUT2D eigenvalue weighted by Crippen LogP contribution is 2.73. The predicted molar refractivity (Wildman–Crippen MR) is 46.3 cm³/mol. The molecule has 3 aliphatic rings. The van der Waals surface area contributed by atoms with Gasteiger partial charge >= 0.3 is 0 Å². The van der Waals surface area contributed by atoms with Gasteiger partial charge in [0, 0.05) is 0 Å². The third kappa shape index (κ3) is 0.758. The molecule has 0 aromatic rings. The molecular weight excluding hydrogens is 132 g/mol. The topological polar surface area (TPSA) is 0 Å². The summed E-state index contributed by atoms with van der Waals surface area (Å²) in [7, 11) is 0. The van der Waals surface area contributed by atoms with Crippen LogP contribution in [0.15, 0.2) is 12.2 Å². The zero-order valence-electron chi connectivity index (χ0n) is 7.16. The summed E-state index contributed by atoms with van der Waals surface area (Å²) in [6.07, 6.45) is 10.4. The predicted octanol–water partition coefficient (Wildman–Crippen LogP) is 3.29. The molecule has 3 saturated carbocycles. The second-order valence-electron chi connectivity index (χ2n) is 5.28. The van der Waals surface area contributed by atoms with Gasteiger partial charge in [0.2, 0.25) is 0 Å². The van der Waals surface area contributed by atoms with Crippen LogP contribution in [0, 0.1) is 10.8 Å². The summed E-state index contributed by atoms with van der Waals surface area (Å²) < 4.78 is 0. The van der Waals surface area contributed by atoms with Gasteiger partial charge in [-0.25, -0.2) is 0 Å². The highest BCUT2D eigenvalue weighted by atomic mass is 14.7. The Morgan fingerprint density at radius 3 is 2.18 bits per heavy atom. The third-order valence-corrected chi connectivity index (χ3v) is 4.09. The van der Waals surface area contributed by atoms with E-state index >= 15 is 0 Å². The fraction of sp³-hybridized carbons (Fsp3) is 0.818. The lowest BCUT2D eigenvalue weighted by Gasteiger charge is -2.46. The van der Waals surface area contributed by atoms with Crippen molar-refractivity contribution in [2.75, 3.05) is 0 Å². The van der Waals surface area contributed by atoms with Gasteiger partial charge in [-0.05, 0) is 55.8 Å². The Hall–Kier alpha value is -0.260. The van der Waals surface area contributed by atoms with Gasteiger partial charge in [0.1, 0.15) is 0 Å². The normalized spacial score (nSPS) is 36.2. The van der Waals surface area contributed by atoms with Crippen molar-refractivity contribution in [1.29, 1.82) is 0 Å². The van der Waals surface area contributed by atoms with Crippen LogP contribution in [0.5, 0.6) is 0 Å². The highest BCUT2D eigenvalue weighted by molar-refractivity contribution is 5.19. The van der Waals surface area contributed by atoms with Gasteiger partial charge in [-0.3, -0.25) is 0 Å². The van der Waals surface area contributed by atoms with Gasteiger partial charge in [0.25, 0.3) is 0 Å². The zero-order valence-corrected chi connectivity index (χ0v) is 7.16. The monoisotopic (exact) mass is 148 g/mol. The second kappa shape index (κ2) is 1.57. The van der Waals surface area contributed by atoms with E-state index in [-0.39, 0.29) is 0 Å². The first-order chi connectivity index (χ1) is 5.22. The lowest BCUT2D eigenvalue weighted by molar-refractivity contribution is 0.0458. The fourth-order valence-electron chi connectivity index (χ4n) is 3.52. The standard InChI is InChI=1S/C11H16/c1-9-2-3-11(6-9)7-10(8-11)4-5-10/h1-8H2. The first-order valence-electron chi connectivity index (χ1n) is 4.89. The summed E-state index contributed by atoms with van der Waals surface area (Å²) in [6.45, 7) is 4.10. The van der Waals surface area contributed by atoms with Crippen LogP contribution in [0.2, 0.25) is 0 Å². The van der Waals surface area contributed by atoms with Crippen LogP contribution in [0.4, 0.5) is 0 Å². The molecular formula is C11H16. The Balaban J connectivity index is 1.75. The van der Waals surface area contributed by atoms with Crippen molar-refractivity contribution < 1.29 is 0 Å². The lowest BCUT2D eigenvalue weighted by Crippen LogP contribution is -2.35. The van der Waals surface area contributed by atoms with Crippen LogP contribution in [0.25, 0.3) is 0 Å². The van der Waals surface area contributed by atoms with Crippen LogP contribution in [-0.2, 0) is 0 Å². The quantitative estimate of drug-likeness (QED) is 0.462. The van der Waals surface area contributed by atoms with Crippen molar-refractivity contribution in [2.45, 2.75) is 44.9 Å². The number of rotatable bonds is 0. The van der Waals surface area contributed by atoms with Gasteiger partial charge in [0.15, 0.2) is 0 Å². The van der Waals surface area contributed by atoms with Gasteiger partial charge in [-0.1, -0.05) is 12.2 Å². The van der Waals surface area contributed by atoms with Crippen molar-refractivity contribution in [3.8, 4) is 0 Å². The SMILES string of the molecule is C=C1CCC2(C1)CC1(CC1)C2. The van der Waals surface area contributed by atoms with E-state index in [0.29, 0.717) is 0 Å². The van der Waals surface area contributed by atoms with E-state index in [1.165, 1.54) is 24.8 Å². The minimum absolute atomic E-state index is 0.785. The molecule has 0 amide bonds. The van der Waals surface area contributed by atoms with Gasteiger partial charge in [0.05, 0.1) is 0 Å². The van der Waals surface area contributed by atoms with Gasteiger partial charge in [-0.15, -0.1) is 0 Å². The largest absolute Gasteiger partial charge is 0.0998 e. The van der Waals surface area contributed by atoms with Crippen molar-refractivity contribution in [3.05, 3.63) is 12.2 Å². The molecule has 60 valence electrons. The molecule has 0 unspecified atom stereocenters. The molecule has 0 saturated heterocycles. The summed E-state index contributed by atoms with van der Waals surface area (Å²) in [5.74, 6) is 0. The molecule has 3 aliphatic carbocycles. The maximum atomic E-state index is 4.10. The maximum absolute atomic E-state index is 4.10. The van der Waals surface area contributed by atoms with Gasteiger partial charge in [-0.2, -0.15) is 0 Å². The molecule has 0 heterocycles. The van der Waals surface area contributed by atoms with Crippen molar-refractivity contribution in [3.63, 3.8) is 0 Å². The average molecular weight is 148 g/mol. The summed E-state index contributed by atoms with van der Waals surface area (Å²) in [6, 6.07) is 0. The summed E-state index contributed by atoms with van der Waals surface area (Å²) in [5, 5.41) is 0. The van der Waals surface area contributed by atoms with Crippen molar-refractivity contribution in [2.24, 2.45) is 10.8 Å². The molecule has 0 nitrogen and oxygen atoms in total. The summed E-state index contributed by atoms with van der Waals surface area (Å²) in [5.41, 5.74) is 3.21. The Kier molecular flexibility index (Phi) is 0.898. The number of allylic oxidation sites excluding steroid dienone is 1. The van der Waals surface area contributed by atoms with Crippen LogP contribution in [0.3, 0.4) is 0 Å². The molecule has 0 radical (unpaired) electrons. The highest BCUT2D eigenvalue weighted by Gasteiger charge is 2.61. The molecule has 0 atom stereocenters. The zero-order chi connectivity index (χ0) is 7.53. The third-order valence-electron chi connectivity index (χ3n) is 4.09. The Labute approximate surface area is 68.7 Å². The first kappa shape index (κ1) is 6.28. The molecule has 0 aromatic carbocycles. The maximum Gasteiger partial charge on any atom is -0.0247 e. The fourth-order valence-corrected chi connectivity index (χ4v) is 3.52. The van der Waals surface area contributed by atoms with Crippen molar-refractivity contribution in [1.82, 2.24) is 0 Å². The van der Waals surface area contributed by atoms with Crippen LogP contribution in [-0.4, -0.2) is 0 Å². The van der Waals surface area contributed by atoms with E-state index in [4.69, 9.17) is 0 Å².